The van der Waals surface area contributed by atoms with Gasteiger partial charge in [-0.1, -0.05) is 24.2 Å². The topological polar surface area (TPSA) is 69.1 Å². The SMILES string of the molecule is Cc1cc(-c2cc(F)c3nnc([C@@H](C)c4ccc5ncccc5c4)n3c2)on1. The van der Waals surface area contributed by atoms with Gasteiger partial charge in [0.25, 0.3) is 0 Å². The predicted octanol–water partition coefficient (Wildman–Crippen LogP) is 4.53. The van der Waals surface area contributed by atoms with Crippen LogP contribution in [0.2, 0.25) is 0 Å². The molecule has 1 aromatic carbocycles. The van der Waals surface area contributed by atoms with Gasteiger partial charge in [0, 0.05) is 35.3 Å². The Morgan fingerprint density at radius 3 is 2.82 bits per heavy atom. The maximum atomic E-state index is 14.6. The summed E-state index contributed by atoms with van der Waals surface area (Å²) in [6, 6.07) is 13.2. The van der Waals surface area contributed by atoms with E-state index in [2.05, 4.69) is 26.4 Å². The predicted molar refractivity (Wildman–Crippen MR) is 102 cm³/mol. The number of benzene rings is 1. The molecule has 4 heterocycles. The molecule has 7 heteroatoms. The Morgan fingerprint density at radius 1 is 1.11 bits per heavy atom. The van der Waals surface area contributed by atoms with Gasteiger partial charge in [-0.25, -0.2) is 4.39 Å². The lowest BCUT2D eigenvalue weighted by molar-refractivity contribution is 0.426. The molecule has 0 aliphatic heterocycles. The van der Waals surface area contributed by atoms with E-state index in [9.17, 15) is 4.39 Å². The molecule has 4 aromatic heterocycles. The lowest BCUT2D eigenvalue weighted by Gasteiger charge is -2.12. The van der Waals surface area contributed by atoms with Crippen molar-refractivity contribution in [3.63, 3.8) is 0 Å². The Labute approximate surface area is 159 Å². The van der Waals surface area contributed by atoms with Crippen LogP contribution in [-0.4, -0.2) is 24.7 Å². The summed E-state index contributed by atoms with van der Waals surface area (Å²) in [4.78, 5) is 4.35. The number of halogens is 1. The van der Waals surface area contributed by atoms with Crippen molar-refractivity contribution in [2.75, 3.05) is 0 Å². The largest absolute Gasteiger partial charge is 0.356 e. The minimum Gasteiger partial charge on any atom is -0.356 e. The van der Waals surface area contributed by atoms with Gasteiger partial charge in [-0.2, -0.15) is 0 Å². The van der Waals surface area contributed by atoms with Gasteiger partial charge in [0.2, 0.25) is 0 Å². The van der Waals surface area contributed by atoms with Crippen molar-refractivity contribution < 1.29 is 8.91 Å². The van der Waals surface area contributed by atoms with E-state index in [1.165, 1.54) is 6.07 Å². The number of nitrogens with zero attached hydrogens (tertiary/aromatic N) is 5. The van der Waals surface area contributed by atoms with Gasteiger partial charge >= 0.3 is 0 Å². The standard InChI is InChI=1S/C21H16FN5O/c1-12-8-19(28-26-12)16-10-17(22)21-25-24-20(27(21)11-16)13(2)14-5-6-18-15(9-14)4-3-7-23-18/h3-11,13H,1-2H3/t13-/m0/s1. The van der Waals surface area contributed by atoms with Crippen LogP contribution in [0.4, 0.5) is 4.39 Å². The van der Waals surface area contributed by atoms with Crippen molar-refractivity contribution in [2.45, 2.75) is 19.8 Å². The first-order valence-corrected chi connectivity index (χ1v) is 8.93. The summed E-state index contributed by atoms with van der Waals surface area (Å²) in [6.45, 7) is 3.85. The summed E-state index contributed by atoms with van der Waals surface area (Å²) in [5.74, 6) is 0.601. The Bertz CT molecular complexity index is 1320. The maximum absolute atomic E-state index is 14.6. The van der Waals surface area contributed by atoms with E-state index in [4.69, 9.17) is 4.52 Å². The number of rotatable bonds is 3. The first-order chi connectivity index (χ1) is 13.6. The van der Waals surface area contributed by atoms with E-state index < -0.39 is 5.82 Å². The summed E-state index contributed by atoms with van der Waals surface area (Å²) < 4.78 is 21.6. The number of aryl methyl sites for hydroxylation is 1. The van der Waals surface area contributed by atoms with Crippen molar-refractivity contribution in [1.82, 2.24) is 24.7 Å². The smallest absolute Gasteiger partial charge is 0.196 e. The van der Waals surface area contributed by atoms with E-state index in [0.717, 1.165) is 22.2 Å². The highest BCUT2D eigenvalue weighted by Crippen LogP contribution is 2.29. The maximum Gasteiger partial charge on any atom is 0.196 e. The summed E-state index contributed by atoms with van der Waals surface area (Å²) in [6.07, 6.45) is 3.56. The molecule has 0 bridgehead atoms. The van der Waals surface area contributed by atoms with Gasteiger partial charge in [-0.05, 0) is 36.8 Å². The average Bonchev–Trinajstić information content (AvgIpc) is 3.33. The molecule has 0 spiro atoms. The number of hydrogen-bond acceptors (Lipinski definition) is 5. The summed E-state index contributed by atoms with van der Waals surface area (Å²) in [5, 5.41) is 13.2. The third-order valence-corrected chi connectivity index (χ3v) is 4.91. The minimum absolute atomic E-state index is 0.0919. The fourth-order valence-corrected chi connectivity index (χ4v) is 3.41. The van der Waals surface area contributed by atoms with Crippen LogP contribution in [0.1, 0.15) is 29.9 Å². The number of aromatic nitrogens is 5. The second kappa shape index (κ2) is 6.23. The van der Waals surface area contributed by atoms with Gasteiger partial charge in [0.15, 0.2) is 17.2 Å². The molecule has 0 unspecified atom stereocenters. The summed E-state index contributed by atoms with van der Waals surface area (Å²) >= 11 is 0. The minimum atomic E-state index is -0.458. The molecule has 28 heavy (non-hydrogen) atoms. The number of pyridine rings is 2. The fourth-order valence-electron chi connectivity index (χ4n) is 3.41. The molecule has 5 aromatic rings. The van der Waals surface area contributed by atoms with Crippen molar-refractivity contribution in [2.24, 2.45) is 0 Å². The number of hydrogen-bond donors (Lipinski definition) is 0. The van der Waals surface area contributed by atoms with Gasteiger partial charge in [0.05, 0.1) is 11.2 Å². The van der Waals surface area contributed by atoms with Gasteiger partial charge in [0.1, 0.15) is 5.82 Å². The van der Waals surface area contributed by atoms with Gasteiger partial charge in [-0.3, -0.25) is 9.38 Å². The third kappa shape index (κ3) is 2.63. The molecule has 0 fully saturated rings. The van der Waals surface area contributed by atoms with Crippen LogP contribution in [0.3, 0.4) is 0 Å². The normalized spacial score (nSPS) is 12.7. The average molecular weight is 373 g/mol. The van der Waals surface area contributed by atoms with E-state index in [0.29, 0.717) is 17.1 Å². The van der Waals surface area contributed by atoms with Crippen molar-refractivity contribution in [3.05, 3.63) is 77.8 Å². The van der Waals surface area contributed by atoms with E-state index >= 15 is 0 Å². The quantitative estimate of drug-likeness (QED) is 0.465. The molecule has 0 amide bonds. The molecule has 0 aliphatic carbocycles. The van der Waals surface area contributed by atoms with Crippen LogP contribution in [0.15, 0.2) is 59.4 Å². The zero-order valence-electron chi connectivity index (χ0n) is 15.3. The van der Waals surface area contributed by atoms with Crippen LogP contribution in [0.25, 0.3) is 27.9 Å². The number of fused-ring (bicyclic) bond motifs is 2. The lowest BCUT2D eigenvalue weighted by Crippen LogP contribution is -2.03. The van der Waals surface area contributed by atoms with Crippen LogP contribution in [-0.2, 0) is 0 Å². The zero-order valence-corrected chi connectivity index (χ0v) is 15.3. The molecule has 0 saturated heterocycles. The molecule has 0 N–H and O–H groups in total. The highest BCUT2D eigenvalue weighted by Gasteiger charge is 2.19. The summed E-state index contributed by atoms with van der Waals surface area (Å²) in [7, 11) is 0. The molecule has 0 aliphatic rings. The van der Waals surface area contributed by atoms with E-state index in [1.54, 1.807) is 22.9 Å². The Kier molecular flexibility index (Phi) is 3.68. The molecule has 5 rings (SSSR count). The Balaban J connectivity index is 1.64. The monoisotopic (exact) mass is 373 g/mol. The highest BCUT2D eigenvalue weighted by molar-refractivity contribution is 5.79. The highest BCUT2D eigenvalue weighted by atomic mass is 19.1. The van der Waals surface area contributed by atoms with Crippen molar-refractivity contribution in [1.29, 1.82) is 0 Å². The zero-order chi connectivity index (χ0) is 19.3. The third-order valence-electron chi connectivity index (χ3n) is 4.91. The Hall–Kier alpha value is -3.61. The van der Waals surface area contributed by atoms with E-state index in [1.807, 2.05) is 38.1 Å². The molecular formula is C21H16FN5O. The van der Waals surface area contributed by atoms with Crippen LogP contribution in [0, 0.1) is 12.7 Å². The van der Waals surface area contributed by atoms with Crippen molar-refractivity contribution >= 4 is 16.6 Å². The molecular weight excluding hydrogens is 357 g/mol. The Morgan fingerprint density at radius 2 is 2.00 bits per heavy atom. The van der Waals surface area contributed by atoms with Crippen LogP contribution < -0.4 is 0 Å². The van der Waals surface area contributed by atoms with Crippen molar-refractivity contribution in [3.8, 4) is 11.3 Å². The molecule has 0 radical (unpaired) electrons. The molecule has 138 valence electrons. The van der Waals surface area contributed by atoms with Gasteiger partial charge in [-0.15, -0.1) is 10.2 Å². The first kappa shape index (κ1) is 16.6. The lowest BCUT2D eigenvalue weighted by atomic mass is 9.98. The summed E-state index contributed by atoms with van der Waals surface area (Å²) in [5.41, 5.74) is 3.48. The van der Waals surface area contributed by atoms with E-state index in [-0.39, 0.29) is 11.6 Å². The molecule has 1 atom stereocenters. The first-order valence-electron chi connectivity index (χ1n) is 8.93. The second-order valence-corrected chi connectivity index (χ2v) is 6.84. The molecule has 0 saturated carbocycles. The van der Waals surface area contributed by atoms with Gasteiger partial charge < -0.3 is 4.52 Å². The van der Waals surface area contributed by atoms with Crippen LogP contribution >= 0.6 is 0 Å². The second-order valence-electron chi connectivity index (χ2n) is 6.84. The molecule has 6 nitrogen and oxygen atoms in total. The fraction of sp³-hybridized carbons (Fsp3) is 0.143. The van der Waals surface area contributed by atoms with Crippen LogP contribution in [0.5, 0.6) is 0 Å².